The van der Waals surface area contributed by atoms with E-state index in [0.717, 1.165) is 41.7 Å². The van der Waals surface area contributed by atoms with Crippen LogP contribution in [0.3, 0.4) is 0 Å². The summed E-state index contributed by atoms with van der Waals surface area (Å²) in [6.07, 6.45) is 9.26. The molecule has 0 bridgehead atoms. The molecule has 2 aromatic rings. The van der Waals surface area contributed by atoms with Crippen LogP contribution in [0.25, 0.3) is 22.4 Å². The summed E-state index contributed by atoms with van der Waals surface area (Å²) in [5, 5.41) is 12.6. The van der Waals surface area contributed by atoms with Gasteiger partial charge in [-0.3, -0.25) is 4.79 Å². The van der Waals surface area contributed by atoms with E-state index in [2.05, 4.69) is 13.8 Å². The first kappa shape index (κ1) is 20.5. The fourth-order valence-electron chi connectivity index (χ4n) is 3.62. The lowest BCUT2D eigenvalue weighted by molar-refractivity contribution is -0.138. The van der Waals surface area contributed by atoms with E-state index in [-0.39, 0.29) is 11.4 Å². The van der Waals surface area contributed by atoms with E-state index in [9.17, 15) is 14.9 Å². The number of hydrogen-bond donors (Lipinski definition) is 0. The maximum absolute atomic E-state index is 12.7. The standard InChI is InChI=1S/C25H25NO3/c1-3-5-8-17(4-2)16-29-25(28)23(15-26)20-11-6-9-18-14-22-19(13-21(18)20)10-7-12-24(22)27/h6-7,9-14,17H,3-5,8,16H2,1-2H3/b23-20+. The molecule has 148 valence electrons. The number of rotatable bonds is 7. The number of esters is 1. The van der Waals surface area contributed by atoms with Gasteiger partial charge in [-0.2, -0.15) is 5.26 Å². The van der Waals surface area contributed by atoms with Crippen molar-refractivity contribution < 1.29 is 14.3 Å². The summed E-state index contributed by atoms with van der Waals surface area (Å²) < 4.78 is 5.51. The highest BCUT2D eigenvalue weighted by Gasteiger charge is 2.17. The number of fused-ring (bicyclic) bond motifs is 2. The molecule has 0 aliphatic heterocycles. The smallest absolute Gasteiger partial charge is 0.349 e. The van der Waals surface area contributed by atoms with Crippen molar-refractivity contribution in [1.82, 2.24) is 0 Å². The van der Waals surface area contributed by atoms with Crippen LogP contribution in [0.5, 0.6) is 0 Å². The number of carbonyl (C=O) groups is 2. The predicted molar refractivity (Wildman–Crippen MR) is 114 cm³/mol. The molecule has 1 aliphatic carbocycles. The monoisotopic (exact) mass is 387 g/mol. The summed E-state index contributed by atoms with van der Waals surface area (Å²) >= 11 is 0. The van der Waals surface area contributed by atoms with Crippen molar-refractivity contribution >= 4 is 34.2 Å². The normalized spacial score (nSPS) is 14.6. The van der Waals surface area contributed by atoms with Crippen molar-refractivity contribution in [1.29, 1.82) is 5.26 Å². The third kappa shape index (κ3) is 4.46. The van der Waals surface area contributed by atoms with Gasteiger partial charge in [-0.15, -0.1) is 0 Å². The minimum absolute atomic E-state index is 0.00132. The molecule has 1 unspecified atom stereocenters. The number of nitriles is 1. The summed E-state index contributed by atoms with van der Waals surface area (Å²) in [7, 11) is 0. The van der Waals surface area contributed by atoms with Crippen molar-refractivity contribution in [3.05, 3.63) is 58.5 Å². The van der Waals surface area contributed by atoms with Gasteiger partial charge in [-0.05, 0) is 46.5 Å². The third-order valence-electron chi connectivity index (χ3n) is 5.42. The fraction of sp³-hybridized carbons (Fsp3) is 0.320. The molecule has 1 atom stereocenters. The Kier molecular flexibility index (Phi) is 6.61. The van der Waals surface area contributed by atoms with Gasteiger partial charge < -0.3 is 4.74 Å². The third-order valence-corrected chi connectivity index (χ3v) is 5.42. The zero-order valence-corrected chi connectivity index (χ0v) is 16.9. The summed E-state index contributed by atoms with van der Waals surface area (Å²) in [5.41, 5.74) is 0.624. The second-order valence-electron chi connectivity index (χ2n) is 7.36. The van der Waals surface area contributed by atoms with Crippen LogP contribution in [-0.2, 0) is 9.53 Å². The molecule has 4 heteroatoms. The maximum atomic E-state index is 12.7. The second kappa shape index (κ2) is 9.34. The van der Waals surface area contributed by atoms with Crippen molar-refractivity contribution in [2.45, 2.75) is 39.5 Å². The number of hydrogen-bond acceptors (Lipinski definition) is 4. The van der Waals surface area contributed by atoms with Gasteiger partial charge in [-0.25, -0.2) is 4.79 Å². The largest absolute Gasteiger partial charge is 0.461 e. The van der Waals surface area contributed by atoms with Crippen LogP contribution >= 0.6 is 0 Å². The Morgan fingerprint density at radius 1 is 1.24 bits per heavy atom. The van der Waals surface area contributed by atoms with Gasteiger partial charge in [0.05, 0.1) is 6.61 Å². The van der Waals surface area contributed by atoms with Gasteiger partial charge in [-0.1, -0.05) is 63.5 Å². The topological polar surface area (TPSA) is 67.2 Å². The first-order valence-corrected chi connectivity index (χ1v) is 10.2. The molecule has 29 heavy (non-hydrogen) atoms. The first-order valence-electron chi connectivity index (χ1n) is 10.2. The zero-order valence-electron chi connectivity index (χ0n) is 16.9. The quantitative estimate of drug-likeness (QED) is 0.678. The molecule has 0 fully saturated rings. The van der Waals surface area contributed by atoms with E-state index >= 15 is 0 Å². The van der Waals surface area contributed by atoms with E-state index in [1.54, 1.807) is 18.2 Å². The van der Waals surface area contributed by atoms with Crippen LogP contribution in [0.2, 0.25) is 0 Å². The number of unbranched alkanes of at least 4 members (excludes halogenated alkanes) is 1. The highest BCUT2D eigenvalue weighted by Crippen LogP contribution is 2.15. The van der Waals surface area contributed by atoms with Gasteiger partial charge in [0, 0.05) is 10.8 Å². The number of ketones is 1. The van der Waals surface area contributed by atoms with Gasteiger partial charge >= 0.3 is 5.97 Å². The van der Waals surface area contributed by atoms with E-state index in [1.165, 1.54) is 6.08 Å². The Bertz CT molecular complexity index is 1140. The van der Waals surface area contributed by atoms with Crippen LogP contribution in [0, 0.1) is 17.2 Å². The lowest BCUT2D eigenvalue weighted by atomic mass is 9.96. The minimum Gasteiger partial charge on any atom is -0.461 e. The van der Waals surface area contributed by atoms with Gasteiger partial charge in [0.25, 0.3) is 0 Å². The fourth-order valence-corrected chi connectivity index (χ4v) is 3.62. The molecule has 0 N–H and O–H groups in total. The van der Waals surface area contributed by atoms with Crippen LogP contribution < -0.4 is 10.4 Å². The SMILES string of the molecule is CCCCC(CC)COC(=O)/C(C#N)=c1\cccc2cc3c(cc12)=CC=CC3=O. The van der Waals surface area contributed by atoms with Gasteiger partial charge in [0.15, 0.2) is 5.78 Å². The highest BCUT2D eigenvalue weighted by atomic mass is 16.5. The van der Waals surface area contributed by atoms with Crippen LogP contribution in [-0.4, -0.2) is 18.4 Å². The lowest BCUT2D eigenvalue weighted by Crippen LogP contribution is -2.21. The van der Waals surface area contributed by atoms with E-state index in [1.807, 2.05) is 30.3 Å². The van der Waals surface area contributed by atoms with Crippen LogP contribution in [0.4, 0.5) is 0 Å². The maximum Gasteiger partial charge on any atom is 0.349 e. The Labute approximate surface area is 170 Å². The molecule has 0 amide bonds. The Hall–Kier alpha value is -3.19. The molecule has 3 rings (SSSR count). The second-order valence-corrected chi connectivity index (χ2v) is 7.36. The number of benzene rings is 2. The van der Waals surface area contributed by atoms with E-state index in [4.69, 9.17) is 4.74 Å². The number of ether oxygens (including phenoxy) is 1. The Balaban J connectivity index is 2.02. The molecular formula is C25H25NO3. The zero-order chi connectivity index (χ0) is 20.8. The molecular weight excluding hydrogens is 362 g/mol. The molecule has 1 aliphatic rings. The molecule has 4 nitrogen and oxygen atoms in total. The number of allylic oxidation sites excluding steroid dienone is 2. The van der Waals surface area contributed by atoms with Crippen LogP contribution in [0.15, 0.2) is 42.5 Å². The van der Waals surface area contributed by atoms with Crippen molar-refractivity contribution in [3.8, 4) is 6.07 Å². The predicted octanol–water partition coefficient (Wildman–Crippen LogP) is 3.81. The average Bonchev–Trinajstić information content (AvgIpc) is 2.74. The molecule has 0 aromatic heterocycles. The first-order chi connectivity index (χ1) is 14.1. The molecule has 0 radical (unpaired) electrons. The van der Waals surface area contributed by atoms with Crippen molar-refractivity contribution in [3.63, 3.8) is 0 Å². The molecule has 0 saturated carbocycles. The summed E-state index contributed by atoms with van der Waals surface area (Å²) in [5.74, 6) is -0.324. The number of carbonyl (C=O) groups excluding carboxylic acids is 2. The summed E-state index contributed by atoms with van der Waals surface area (Å²) in [4.78, 5) is 24.8. The van der Waals surface area contributed by atoms with Crippen molar-refractivity contribution in [2.75, 3.05) is 6.61 Å². The Morgan fingerprint density at radius 3 is 2.79 bits per heavy atom. The van der Waals surface area contributed by atoms with Crippen LogP contribution in [0.1, 0.15) is 49.9 Å². The summed E-state index contributed by atoms with van der Waals surface area (Å²) in [6, 6.07) is 11.1. The molecule has 2 aromatic carbocycles. The summed E-state index contributed by atoms with van der Waals surface area (Å²) in [6.45, 7) is 4.55. The molecule has 0 spiro atoms. The Morgan fingerprint density at radius 2 is 2.07 bits per heavy atom. The minimum atomic E-state index is -0.590. The van der Waals surface area contributed by atoms with E-state index in [0.29, 0.717) is 23.3 Å². The highest BCUT2D eigenvalue weighted by molar-refractivity contribution is 6.17. The van der Waals surface area contributed by atoms with E-state index < -0.39 is 5.97 Å². The van der Waals surface area contributed by atoms with Crippen molar-refractivity contribution in [2.24, 2.45) is 5.92 Å². The van der Waals surface area contributed by atoms with Gasteiger partial charge in [0.1, 0.15) is 11.6 Å². The molecule has 0 saturated heterocycles. The van der Waals surface area contributed by atoms with Gasteiger partial charge in [0.2, 0.25) is 0 Å². The molecule has 0 heterocycles. The average molecular weight is 387 g/mol. The number of nitrogens with zero attached hydrogens (tertiary/aromatic N) is 1. The lowest BCUT2D eigenvalue weighted by Gasteiger charge is -2.14.